The van der Waals surface area contributed by atoms with Crippen molar-refractivity contribution in [3.63, 3.8) is 0 Å². The molecule has 0 saturated heterocycles. The Morgan fingerprint density at radius 1 is 1.14 bits per heavy atom. The molecule has 0 aromatic carbocycles. The Hall–Kier alpha value is 0.440. The van der Waals surface area contributed by atoms with Gasteiger partial charge in [0.05, 0.1) is 11.8 Å². The number of hydrogen-bond acceptors (Lipinski definition) is 0. The van der Waals surface area contributed by atoms with Crippen LogP contribution in [0.4, 0.5) is 8.78 Å². The van der Waals surface area contributed by atoms with Crippen LogP contribution >= 0.6 is 23.2 Å². The summed E-state index contributed by atoms with van der Waals surface area (Å²) in [5.74, 6) is -4.28. The third-order valence-electron chi connectivity index (χ3n) is 0.391. The molecule has 0 aromatic rings. The Morgan fingerprint density at radius 2 is 1.43 bits per heavy atom. The summed E-state index contributed by atoms with van der Waals surface area (Å²) in [6.07, 6.45) is 0. The first-order valence-electron chi connectivity index (χ1n) is 1.62. The molecule has 4 heteroatoms. The number of halogens is 4. The van der Waals surface area contributed by atoms with E-state index in [4.69, 9.17) is 23.2 Å². The van der Waals surface area contributed by atoms with Crippen LogP contribution in [0.1, 0.15) is 0 Å². The van der Waals surface area contributed by atoms with Gasteiger partial charge in [-0.15, -0.1) is 23.2 Å². The van der Waals surface area contributed by atoms with Crippen LogP contribution in [0.3, 0.4) is 0 Å². The van der Waals surface area contributed by atoms with Gasteiger partial charge in [-0.05, 0) is 0 Å². The summed E-state index contributed by atoms with van der Waals surface area (Å²) in [6, 6.07) is 0. The van der Waals surface area contributed by atoms with Crippen molar-refractivity contribution in [2.24, 2.45) is 0 Å². The number of hydrogen-bond donors (Lipinski definition) is 0. The molecular formula is C3H4Cl2F2. The van der Waals surface area contributed by atoms with Gasteiger partial charge in [-0.2, -0.15) is 0 Å². The van der Waals surface area contributed by atoms with E-state index in [9.17, 15) is 8.78 Å². The number of alkyl halides is 4. The Balaban J connectivity index is 3.36. The zero-order valence-corrected chi connectivity index (χ0v) is 4.94. The van der Waals surface area contributed by atoms with E-state index in [-0.39, 0.29) is 0 Å². The van der Waals surface area contributed by atoms with Crippen molar-refractivity contribution in [1.82, 2.24) is 0 Å². The first-order chi connectivity index (χ1) is 3.12. The minimum Gasteiger partial charge on any atom is -0.204 e. The van der Waals surface area contributed by atoms with E-state index in [1.54, 1.807) is 0 Å². The molecule has 0 fully saturated rings. The summed E-state index contributed by atoms with van der Waals surface area (Å²) in [4.78, 5) is 0. The van der Waals surface area contributed by atoms with Crippen molar-refractivity contribution in [2.75, 3.05) is 11.8 Å². The fraction of sp³-hybridized carbons (Fsp3) is 1.00. The first kappa shape index (κ1) is 7.44. The van der Waals surface area contributed by atoms with Gasteiger partial charge in [0.25, 0.3) is 5.92 Å². The van der Waals surface area contributed by atoms with Crippen LogP contribution in [0.5, 0.6) is 0 Å². The van der Waals surface area contributed by atoms with Crippen LogP contribution in [-0.4, -0.2) is 17.7 Å². The molecule has 0 unspecified atom stereocenters. The molecule has 0 amide bonds. The lowest BCUT2D eigenvalue weighted by atomic mass is 10.5. The third-order valence-corrected chi connectivity index (χ3v) is 1.17. The Labute approximate surface area is 50.4 Å². The summed E-state index contributed by atoms with van der Waals surface area (Å²) < 4.78 is 23.2. The lowest BCUT2D eigenvalue weighted by Gasteiger charge is -2.05. The zero-order chi connectivity index (χ0) is 5.91. The fourth-order valence-corrected chi connectivity index (χ4v) is 0.321. The minimum absolute atomic E-state index is 0.698. The lowest BCUT2D eigenvalue weighted by Crippen LogP contribution is -2.19. The van der Waals surface area contributed by atoms with E-state index in [0.717, 1.165) is 0 Å². The predicted molar refractivity (Wildman–Crippen MR) is 26.4 cm³/mol. The van der Waals surface area contributed by atoms with Crippen LogP contribution in [-0.2, 0) is 0 Å². The molecule has 0 N–H and O–H groups in total. The topological polar surface area (TPSA) is 0 Å². The van der Waals surface area contributed by atoms with Gasteiger partial charge in [0.2, 0.25) is 0 Å². The molecule has 0 aliphatic heterocycles. The third kappa shape index (κ3) is 3.06. The van der Waals surface area contributed by atoms with E-state index in [1.807, 2.05) is 0 Å². The highest BCUT2D eigenvalue weighted by Gasteiger charge is 2.25. The highest BCUT2D eigenvalue weighted by Crippen LogP contribution is 2.15. The molecule has 0 nitrogen and oxygen atoms in total. The average molecular weight is 149 g/mol. The van der Waals surface area contributed by atoms with E-state index in [1.165, 1.54) is 0 Å². The average Bonchev–Trinajstić information content (AvgIpc) is 1.68. The van der Waals surface area contributed by atoms with E-state index < -0.39 is 17.7 Å². The van der Waals surface area contributed by atoms with Crippen LogP contribution < -0.4 is 0 Å². The first-order valence-corrected chi connectivity index (χ1v) is 2.69. The second kappa shape index (κ2) is 2.68. The highest BCUT2D eigenvalue weighted by molar-refractivity contribution is 6.21. The second-order valence-corrected chi connectivity index (χ2v) is 1.66. The highest BCUT2D eigenvalue weighted by atomic mass is 35.5. The van der Waals surface area contributed by atoms with Crippen molar-refractivity contribution in [1.29, 1.82) is 0 Å². The molecular weight excluding hydrogens is 145 g/mol. The summed E-state index contributed by atoms with van der Waals surface area (Å²) in [7, 11) is 0. The SMILES string of the molecule is FC(F)(CCl)CCl. The largest absolute Gasteiger partial charge is 0.274 e. The number of rotatable bonds is 2. The van der Waals surface area contributed by atoms with E-state index >= 15 is 0 Å². The lowest BCUT2D eigenvalue weighted by molar-refractivity contribution is 0.0516. The van der Waals surface area contributed by atoms with Crippen molar-refractivity contribution >= 4 is 23.2 Å². The van der Waals surface area contributed by atoms with Crippen LogP contribution in [0.25, 0.3) is 0 Å². The molecule has 7 heavy (non-hydrogen) atoms. The van der Waals surface area contributed by atoms with Crippen molar-refractivity contribution in [2.45, 2.75) is 5.92 Å². The summed E-state index contributed by atoms with van der Waals surface area (Å²) in [6.45, 7) is 0. The summed E-state index contributed by atoms with van der Waals surface area (Å²) in [5, 5.41) is 0. The summed E-state index contributed by atoms with van der Waals surface area (Å²) in [5.41, 5.74) is 0. The van der Waals surface area contributed by atoms with E-state index in [0.29, 0.717) is 0 Å². The Morgan fingerprint density at radius 3 is 1.43 bits per heavy atom. The zero-order valence-electron chi connectivity index (χ0n) is 3.43. The standard InChI is InChI=1S/C3H4Cl2F2/c4-1-3(6,7)2-5/h1-2H2. The van der Waals surface area contributed by atoms with Gasteiger partial charge < -0.3 is 0 Å². The van der Waals surface area contributed by atoms with Gasteiger partial charge in [0.15, 0.2) is 0 Å². The maximum Gasteiger partial charge on any atom is 0.274 e. The summed E-state index contributed by atoms with van der Waals surface area (Å²) >= 11 is 9.52. The maximum absolute atomic E-state index is 11.6. The van der Waals surface area contributed by atoms with Gasteiger partial charge >= 0.3 is 0 Å². The molecule has 0 aromatic heterocycles. The quantitative estimate of drug-likeness (QED) is 0.527. The van der Waals surface area contributed by atoms with Crippen LogP contribution in [0.2, 0.25) is 0 Å². The molecule has 0 heterocycles. The molecule has 0 aliphatic rings. The normalized spacial score (nSPS) is 12.0. The monoisotopic (exact) mass is 148 g/mol. The molecule has 44 valence electrons. The molecule has 0 saturated carbocycles. The maximum atomic E-state index is 11.6. The molecule has 0 bridgehead atoms. The molecule has 0 radical (unpaired) electrons. The Bertz CT molecular complexity index is 48.9. The molecule has 0 aliphatic carbocycles. The molecule has 0 atom stereocenters. The van der Waals surface area contributed by atoms with Crippen LogP contribution in [0, 0.1) is 0 Å². The minimum atomic E-state index is -2.89. The van der Waals surface area contributed by atoms with Crippen molar-refractivity contribution in [3.05, 3.63) is 0 Å². The van der Waals surface area contributed by atoms with Crippen LogP contribution in [0.15, 0.2) is 0 Å². The molecule has 0 rings (SSSR count). The predicted octanol–water partition coefficient (Wildman–Crippen LogP) is 2.10. The fourth-order valence-electron chi connectivity index (χ4n) is 0.0357. The Kier molecular flexibility index (Phi) is 2.84. The van der Waals surface area contributed by atoms with Gasteiger partial charge in [-0.1, -0.05) is 0 Å². The van der Waals surface area contributed by atoms with Gasteiger partial charge in [0, 0.05) is 0 Å². The van der Waals surface area contributed by atoms with Gasteiger partial charge in [-0.3, -0.25) is 0 Å². The van der Waals surface area contributed by atoms with Crippen molar-refractivity contribution in [3.8, 4) is 0 Å². The second-order valence-electron chi connectivity index (χ2n) is 1.12. The van der Waals surface area contributed by atoms with Crippen molar-refractivity contribution < 1.29 is 8.78 Å². The van der Waals surface area contributed by atoms with Gasteiger partial charge in [0.1, 0.15) is 0 Å². The smallest absolute Gasteiger partial charge is 0.204 e. The molecule has 0 spiro atoms. The van der Waals surface area contributed by atoms with Gasteiger partial charge in [-0.25, -0.2) is 8.78 Å². The van der Waals surface area contributed by atoms with E-state index in [2.05, 4.69) is 0 Å².